The molecule has 1 unspecified atom stereocenters. The first kappa shape index (κ1) is 9.92. The van der Waals surface area contributed by atoms with E-state index in [1.54, 1.807) is 13.0 Å². The number of aliphatic hydroxyl groups excluding tert-OH is 1. The molecule has 1 atom stereocenters. The Morgan fingerprint density at radius 2 is 2.31 bits per heavy atom. The summed E-state index contributed by atoms with van der Waals surface area (Å²) in [6.45, 7) is 4.21. The first-order valence-electron chi connectivity index (χ1n) is 4.34. The number of hydrogen-bond donors (Lipinski definition) is 1. The second kappa shape index (κ2) is 4.77. The Labute approximate surface area is 77.6 Å². The van der Waals surface area contributed by atoms with E-state index in [2.05, 4.69) is 9.97 Å². The highest BCUT2D eigenvalue weighted by molar-refractivity contribution is 5.13. The maximum Gasteiger partial charge on any atom is 0.216 e. The van der Waals surface area contributed by atoms with Crippen molar-refractivity contribution in [3.05, 3.63) is 18.1 Å². The third-order valence-corrected chi connectivity index (χ3v) is 1.50. The molecule has 0 saturated carbocycles. The molecule has 0 aliphatic heterocycles. The van der Waals surface area contributed by atoms with Crippen molar-refractivity contribution in [2.45, 2.75) is 26.4 Å². The maximum atomic E-state index is 9.13. The fraction of sp³-hybridized carbons (Fsp3) is 0.556. The van der Waals surface area contributed by atoms with Crippen LogP contribution in [0.4, 0.5) is 0 Å². The number of ether oxygens (including phenoxy) is 1. The van der Waals surface area contributed by atoms with Crippen LogP contribution in [0.15, 0.2) is 12.4 Å². The van der Waals surface area contributed by atoms with Crippen molar-refractivity contribution in [1.29, 1.82) is 0 Å². The molecule has 1 N–H and O–H groups in total. The van der Waals surface area contributed by atoms with Gasteiger partial charge in [-0.3, -0.25) is 0 Å². The summed E-state index contributed by atoms with van der Waals surface area (Å²) in [6.07, 6.45) is 1.59. The summed E-state index contributed by atoms with van der Waals surface area (Å²) >= 11 is 0. The Balaban J connectivity index is 2.67. The minimum Gasteiger partial charge on any atom is -0.478 e. The quantitative estimate of drug-likeness (QED) is 0.748. The molecule has 13 heavy (non-hydrogen) atoms. The molecule has 72 valence electrons. The van der Waals surface area contributed by atoms with Gasteiger partial charge in [0.1, 0.15) is 6.33 Å². The first-order chi connectivity index (χ1) is 6.22. The van der Waals surface area contributed by atoms with Crippen molar-refractivity contribution < 1.29 is 9.84 Å². The molecule has 1 aromatic heterocycles. The van der Waals surface area contributed by atoms with E-state index in [0.717, 1.165) is 5.69 Å². The van der Waals surface area contributed by atoms with Gasteiger partial charge in [-0.25, -0.2) is 9.97 Å². The molecule has 0 aromatic carbocycles. The lowest BCUT2D eigenvalue weighted by atomic mass is 10.2. The molecule has 1 aromatic rings. The zero-order valence-corrected chi connectivity index (χ0v) is 7.90. The predicted molar refractivity (Wildman–Crippen MR) is 48.6 cm³/mol. The maximum absolute atomic E-state index is 9.13. The molecule has 0 saturated heterocycles. The Morgan fingerprint density at radius 1 is 1.54 bits per heavy atom. The van der Waals surface area contributed by atoms with Gasteiger partial charge in [0.05, 0.1) is 18.4 Å². The van der Waals surface area contributed by atoms with Crippen molar-refractivity contribution >= 4 is 0 Å². The average Bonchev–Trinajstić information content (AvgIpc) is 2.04. The predicted octanol–water partition coefficient (Wildman–Crippen LogP) is 0.799. The molecule has 1 rings (SSSR count). The summed E-state index contributed by atoms with van der Waals surface area (Å²) in [4.78, 5) is 7.93. The molecule has 1 heterocycles. The summed E-state index contributed by atoms with van der Waals surface area (Å²) in [5.41, 5.74) is 0.799. The number of aromatic nitrogens is 2. The van der Waals surface area contributed by atoms with Crippen LogP contribution in [0, 0.1) is 0 Å². The van der Waals surface area contributed by atoms with Gasteiger partial charge in [-0.2, -0.15) is 0 Å². The van der Waals surface area contributed by atoms with Gasteiger partial charge in [0, 0.05) is 12.5 Å². The third kappa shape index (κ3) is 3.38. The van der Waals surface area contributed by atoms with Gasteiger partial charge in [0.15, 0.2) is 0 Å². The molecule has 0 spiro atoms. The van der Waals surface area contributed by atoms with Gasteiger partial charge in [0.2, 0.25) is 5.88 Å². The second-order valence-electron chi connectivity index (χ2n) is 2.83. The summed E-state index contributed by atoms with van der Waals surface area (Å²) < 4.78 is 5.20. The summed E-state index contributed by atoms with van der Waals surface area (Å²) in [5.74, 6) is 0.563. The number of aliphatic hydroxyl groups is 1. The fourth-order valence-corrected chi connectivity index (χ4v) is 1.02. The highest BCUT2D eigenvalue weighted by Gasteiger charge is 2.02. The van der Waals surface area contributed by atoms with Crippen molar-refractivity contribution in [3.63, 3.8) is 0 Å². The number of rotatable bonds is 4. The molecule has 0 aliphatic rings. The Morgan fingerprint density at radius 3 is 2.92 bits per heavy atom. The van der Waals surface area contributed by atoms with Crippen LogP contribution in [0.1, 0.15) is 19.5 Å². The van der Waals surface area contributed by atoms with Gasteiger partial charge in [-0.15, -0.1) is 0 Å². The van der Waals surface area contributed by atoms with E-state index in [9.17, 15) is 0 Å². The molecular weight excluding hydrogens is 168 g/mol. The zero-order valence-electron chi connectivity index (χ0n) is 7.90. The van der Waals surface area contributed by atoms with Crippen LogP contribution in [0.3, 0.4) is 0 Å². The van der Waals surface area contributed by atoms with Crippen LogP contribution in [0.5, 0.6) is 5.88 Å². The smallest absolute Gasteiger partial charge is 0.216 e. The van der Waals surface area contributed by atoms with Gasteiger partial charge in [-0.1, -0.05) is 0 Å². The minimum absolute atomic E-state index is 0.385. The standard InChI is InChI=1S/C9H14N2O2/c1-3-13-9-5-8(4-7(2)12)10-6-11-9/h5-7,12H,3-4H2,1-2H3. The topological polar surface area (TPSA) is 55.2 Å². The summed E-state index contributed by atoms with van der Waals surface area (Å²) in [7, 11) is 0. The lowest BCUT2D eigenvalue weighted by Crippen LogP contribution is -2.06. The lowest BCUT2D eigenvalue weighted by Gasteiger charge is -2.05. The van der Waals surface area contributed by atoms with E-state index in [-0.39, 0.29) is 6.10 Å². The van der Waals surface area contributed by atoms with Crippen molar-refractivity contribution in [2.24, 2.45) is 0 Å². The molecule has 0 aliphatic carbocycles. The van der Waals surface area contributed by atoms with Gasteiger partial charge in [-0.05, 0) is 13.8 Å². The normalized spacial score (nSPS) is 12.5. The third-order valence-electron chi connectivity index (χ3n) is 1.50. The molecule has 0 bridgehead atoms. The molecule has 4 heteroatoms. The lowest BCUT2D eigenvalue weighted by molar-refractivity contribution is 0.194. The van der Waals surface area contributed by atoms with E-state index in [1.807, 2.05) is 6.92 Å². The van der Waals surface area contributed by atoms with E-state index in [1.165, 1.54) is 6.33 Å². The van der Waals surface area contributed by atoms with Crippen molar-refractivity contribution in [1.82, 2.24) is 9.97 Å². The van der Waals surface area contributed by atoms with Gasteiger partial charge >= 0.3 is 0 Å². The summed E-state index contributed by atoms with van der Waals surface area (Å²) in [5, 5.41) is 9.13. The van der Waals surface area contributed by atoms with Crippen LogP contribution in [-0.4, -0.2) is 27.8 Å². The zero-order chi connectivity index (χ0) is 9.68. The monoisotopic (exact) mass is 182 g/mol. The van der Waals surface area contributed by atoms with Crippen LogP contribution >= 0.6 is 0 Å². The van der Waals surface area contributed by atoms with E-state index in [4.69, 9.17) is 9.84 Å². The molecule has 0 radical (unpaired) electrons. The highest BCUT2D eigenvalue weighted by atomic mass is 16.5. The van der Waals surface area contributed by atoms with Crippen LogP contribution < -0.4 is 4.74 Å². The SMILES string of the molecule is CCOc1cc(CC(C)O)ncn1. The van der Waals surface area contributed by atoms with Gasteiger partial charge in [0.25, 0.3) is 0 Å². The van der Waals surface area contributed by atoms with Gasteiger partial charge < -0.3 is 9.84 Å². The Kier molecular flexibility index (Phi) is 3.64. The first-order valence-corrected chi connectivity index (χ1v) is 4.34. The van der Waals surface area contributed by atoms with Crippen molar-refractivity contribution in [2.75, 3.05) is 6.61 Å². The summed E-state index contributed by atoms with van der Waals surface area (Å²) in [6, 6.07) is 1.75. The largest absolute Gasteiger partial charge is 0.478 e. The van der Waals surface area contributed by atoms with Crippen LogP contribution in [0.25, 0.3) is 0 Å². The second-order valence-corrected chi connectivity index (χ2v) is 2.83. The highest BCUT2D eigenvalue weighted by Crippen LogP contribution is 2.08. The molecule has 0 fully saturated rings. The molecule has 0 amide bonds. The molecular formula is C9H14N2O2. The van der Waals surface area contributed by atoms with Crippen molar-refractivity contribution in [3.8, 4) is 5.88 Å². The fourth-order valence-electron chi connectivity index (χ4n) is 1.02. The number of nitrogens with zero attached hydrogens (tertiary/aromatic N) is 2. The van der Waals surface area contributed by atoms with Crippen LogP contribution in [0.2, 0.25) is 0 Å². The number of hydrogen-bond acceptors (Lipinski definition) is 4. The Hall–Kier alpha value is -1.16. The molecule has 4 nitrogen and oxygen atoms in total. The van der Waals surface area contributed by atoms with E-state index >= 15 is 0 Å². The van der Waals surface area contributed by atoms with E-state index < -0.39 is 0 Å². The Bertz CT molecular complexity index is 264. The van der Waals surface area contributed by atoms with E-state index in [0.29, 0.717) is 18.9 Å². The average molecular weight is 182 g/mol. The van der Waals surface area contributed by atoms with Crippen LogP contribution in [-0.2, 0) is 6.42 Å². The minimum atomic E-state index is -0.385.